The van der Waals surface area contributed by atoms with Crippen LogP contribution in [0.5, 0.6) is 0 Å². The molecular formula is C12H22ClNO5S2. The number of alkyl halides is 1. The average Bonchev–Trinajstić information content (AvgIpc) is 2.45. The number of piperidine rings is 1. The monoisotopic (exact) mass is 359 g/mol. The van der Waals surface area contributed by atoms with Gasteiger partial charge in [-0.1, -0.05) is 0 Å². The average molecular weight is 360 g/mol. The smallest absolute Gasteiger partial charge is 0.217 e. The molecule has 0 spiro atoms. The van der Waals surface area contributed by atoms with Crippen LogP contribution >= 0.6 is 11.6 Å². The van der Waals surface area contributed by atoms with E-state index < -0.39 is 25.1 Å². The van der Waals surface area contributed by atoms with Crippen molar-refractivity contribution in [2.24, 2.45) is 0 Å². The Hall–Kier alpha value is 0.110. The number of ether oxygens (including phenoxy) is 1. The van der Waals surface area contributed by atoms with Gasteiger partial charge in [0.2, 0.25) is 10.0 Å². The fraction of sp³-hybridized carbons (Fsp3) is 1.00. The van der Waals surface area contributed by atoms with Crippen LogP contribution in [0.4, 0.5) is 0 Å². The summed E-state index contributed by atoms with van der Waals surface area (Å²) in [6.45, 7) is 1.37. The maximum absolute atomic E-state index is 12.5. The molecule has 0 unspecified atom stereocenters. The molecule has 124 valence electrons. The summed E-state index contributed by atoms with van der Waals surface area (Å²) < 4.78 is 54.9. The van der Waals surface area contributed by atoms with E-state index >= 15 is 0 Å². The van der Waals surface area contributed by atoms with Gasteiger partial charge in [0, 0.05) is 19.0 Å². The summed E-state index contributed by atoms with van der Waals surface area (Å²) in [7, 11) is -6.43. The van der Waals surface area contributed by atoms with Crippen LogP contribution in [-0.2, 0) is 24.6 Å². The van der Waals surface area contributed by atoms with Crippen LogP contribution in [0.2, 0.25) is 0 Å². The fourth-order valence-electron chi connectivity index (χ4n) is 2.84. The maximum Gasteiger partial charge on any atom is 0.217 e. The van der Waals surface area contributed by atoms with E-state index in [9.17, 15) is 16.8 Å². The normalized spacial score (nSPS) is 26.0. The van der Waals surface area contributed by atoms with Gasteiger partial charge in [-0.05, 0) is 25.7 Å². The summed E-state index contributed by atoms with van der Waals surface area (Å²) >= 11 is 5.57. The van der Waals surface area contributed by atoms with E-state index in [0.717, 1.165) is 0 Å². The minimum atomic E-state index is -3.39. The molecule has 2 aliphatic rings. The van der Waals surface area contributed by atoms with Crippen molar-refractivity contribution in [2.45, 2.75) is 37.0 Å². The van der Waals surface area contributed by atoms with Crippen molar-refractivity contribution in [1.29, 1.82) is 0 Å². The first-order valence-electron chi connectivity index (χ1n) is 7.22. The minimum Gasteiger partial charge on any atom is -0.377 e. The van der Waals surface area contributed by atoms with Crippen molar-refractivity contribution < 1.29 is 21.6 Å². The third kappa shape index (κ3) is 4.54. The molecule has 0 aliphatic carbocycles. The number of nitrogens with zero attached hydrogens (tertiary/aromatic N) is 1. The standard InChI is InChI=1S/C12H22ClNO5S2/c13-5-8-19-11-1-6-14(7-2-11)21(17,18)12-3-9-20(15,16)10-4-12/h11-12H,1-10H2. The molecule has 2 rings (SSSR count). The lowest BCUT2D eigenvalue weighted by Gasteiger charge is -2.34. The third-order valence-corrected chi connectivity index (χ3v) is 8.38. The number of hydrogen-bond donors (Lipinski definition) is 0. The van der Waals surface area contributed by atoms with Gasteiger partial charge in [0.1, 0.15) is 9.84 Å². The second-order valence-electron chi connectivity index (χ2n) is 5.55. The van der Waals surface area contributed by atoms with Crippen molar-refractivity contribution in [2.75, 3.05) is 37.1 Å². The fourth-order valence-corrected chi connectivity index (χ4v) is 6.69. The van der Waals surface area contributed by atoms with Crippen molar-refractivity contribution in [3.05, 3.63) is 0 Å². The molecule has 0 bridgehead atoms. The summed E-state index contributed by atoms with van der Waals surface area (Å²) in [6, 6.07) is 0. The Morgan fingerprint density at radius 3 is 2.19 bits per heavy atom. The quantitative estimate of drug-likeness (QED) is 0.672. The van der Waals surface area contributed by atoms with E-state index in [1.54, 1.807) is 0 Å². The van der Waals surface area contributed by atoms with Gasteiger partial charge in [-0.15, -0.1) is 11.6 Å². The topological polar surface area (TPSA) is 80.8 Å². The zero-order chi connectivity index (χ0) is 15.5. The molecule has 2 heterocycles. The Morgan fingerprint density at radius 2 is 1.67 bits per heavy atom. The Kier molecular flexibility index (Phi) is 5.92. The second kappa shape index (κ2) is 7.12. The highest BCUT2D eigenvalue weighted by molar-refractivity contribution is 7.92. The van der Waals surface area contributed by atoms with E-state index in [4.69, 9.17) is 16.3 Å². The number of halogens is 1. The van der Waals surface area contributed by atoms with Gasteiger partial charge in [-0.2, -0.15) is 0 Å². The van der Waals surface area contributed by atoms with E-state index in [1.807, 2.05) is 0 Å². The SMILES string of the molecule is O=S1(=O)CCC(S(=O)(=O)N2CCC(OCCCl)CC2)CC1. The van der Waals surface area contributed by atoms with E-state index in [0.29, 0.717) is 38.4 Å². The van der Waals surface area contributed by atoms with E-state index in [1.165, 1.54) is 4.31 Å². The lowest BCUT2D eigenvalue weighted by Crippen LogP contribution is -2.47. The van der Waals surface area contributed by atoms with Crippen molar-refractivity contribution in [3.63, 3.8) is 0 Å². The molecule has 0 aromatic heterocycles. The number of rotatable bonds is 5. The van der Waals surface area contributed by atoms with Gasteiger partial charge in [-0.25, -0.2) is 21.1 Å². The first-order chi connectivity index (χ1) is 9.85. The zero-order valence-corrected chi connectivity index (χ0v) is 14.3. The Balaban J connectivity index is 1.90. The summed E-state index contributed by atoms with van der Waals surface area (Å²) in [5.41, 5.74) is 0. The Morgan fingerprint density at radius 1 is 1.10 bits per heavy atom. The van der Waals surface area contributed by atoms with Crippen molar-refractivity contribution in [3.8, 4) is 0 Å². The number of hydrogen-bond acceptors (Lipinski definition) is 5. The summed E-state index contributed by atoms with van der Waals surface area (Å²) in [5.74, 6) is 0.396. The van der Waals surface area contributed by atoms with Crippen LogP contribution < -0.4 is 0 Å². The van der Waals surface area contributed by atoms with Gasteiger partial charge < -0.3 is 4.74 Å². The minimum absolute atomic E-state index is 0.0216. The zero-order valence-electron chi connectivity index (χ0n) is 11.9. The van der Waals surface area contributed by atoms with Gasteiger partial charge >= 0.3 is 0 Å². The predicted molar refractivity (Wildman–Crippen MR) is 81.9 cm³/mol. The summed E-state index contributed by atoms with van der Waals surface area (Å²) in [6.07, 6.45) is 1.84. The lowest BCUT2D eigenvalue weighted by atomic mass is 10.1. The lowest BCUT2D eigenvalue weighted by molar-refractivity contribution is 0.0299. The highest BCUT2D eigenvalue weighted by Gasteiger charge is 2.38. The third-order valence-electron chi connectivity index (χ3n) is 4.11. The van der Waals surface area contributed by atoms with Crippen molar-refractivity contribution >= 4 is 31.5 Å². The molecule has 0 radical (unpaired) electrons. The Labute approximate surface area is 131 Å². The van der Waals surface area contributed by atoms with E-state index in [-0.39, 0.29) is 30.5 Å². The van der Waals surface area contributed by atoms with Crippen LogP contribution in [0.1, 0.15) is 25.7 Å². The van der Waals surface area contributed by atoms with Crippen LogP contribution in [0, 0.1) is 0 Å². The van der Waals surface area contributed by atoms with Crippen LogP contribution in [0.3, 0.4) is 0 Å². The Bertz CT molecular complexity index is 526. The van der Waals surface area contributed by atoms with Crippen LogP contribution in [-0.4, -0.2) is 69.6 Å². The second-order valence-corrected chi connectivity index (χ2v) is 10.4. The molecule has 0 atom stereocenters. The molecule has 2 aliphatic heterocycles. The first kappa shape index (κ1) is 17.5. The van der Waals surface area contributed by atoms with Crippen LogP contribution in [0.15, 0.2) is 0 Å². The molecule has 6 nitrogen and oxygen atoms in total. The molecule has 2 fully saturated rings. The highest BCUT2D eigenvalue weighted by Crippen LogP contribution is 2.25. The largest absolute Gasteiger partial charge is 0.377 e. The molecule has 0 N–H and O–H groups in total. The first-order valence-corrected chi connectivity index (χ1v) is 11.1. The van der Waals surface area contributed by atoms with Gasteiger partial charge in [0.25, 0.3) is 0 Å². The maximum atomic E-state index is 12.5. The van der Waals surface area contributed by atoms with Gasteiger partial charge in [0.15, 0.2) is 0 Å². The van der Waals surface area contributed by atoms with Crippen LogP contribution in [0.25, 0.3) is 0 Å². The van der Waals surface area contributed by atoms with Crippen molar-refractivity contribution in [1.82, 2.24) is 4.31 Å². The summed E-state index contributed by atoms with van der Waals surface area (Å²) in [4.78, 5) is 0. The number of sulfone groups is 1. The number of sulfonamides is 1. The van der Waals surface area contributed by atoms with E-state index in [2.05, 4.69) is 0 Å². The molecule has 9 heteroatoms. The molecule has 0 amide bonds. The molecule has 21 heavy (non-hydrogen) atoms. The molecule has 0 saturated carbocycles. The molecule has 2 saturated heterocycles. The van der Waals surface area contributed by atoms with Gasteiger partial charge in [-0.3, -0.25) is 0 Å². The molecule has 0 aromatic carbocycles. The summed E-state index contributed by atoms with van der Waals surface area (Å²) in [5, 5.41) is -0.554. The highest BCUT2D eigenvalue weighted by atomic mass is 35.5. The predicted octanol–water partition coefficient (Wildman–Crippen LogP) is 0.613. The van der Waals surface area contributed by atoms with Gasteiger partial charge in [0.05, 0.1) is 29.5 Å². The molecular weight excluding hydrogens is 338 g/mol. The molecule has 0 aromatic rings.